The van der Waals surface area contributed by atoms with Gasteiger partial charge in [0.1, 0.15) is 10.6 Å². The fraction of sp³-hybridized carbons (Fsp3) is 0.333. The van der Waals surface area contributed by atoms with Gasteiger partial charge < -0.3 is 10.1 Å². The molecule has 1 aromatic carbocycles. The number of hydrogen-bond donors (Lipinski definition) is 2. The van der Waals surface area contributed by atoms with Crippen molar-refractivity contribution in [1.29, 1.82) is 0 Å². The van der Waals surface area contributed by atoms with Crippen LogP contribution in [0, 0.1) is 0 Å². The lowest BCUT2D eigenvalue weighted by Gasteiger charge is -2.15. The summed E-state index contributed by atoms with van der Waals surface area (Å²) in [5, 5.41) is 2.76. The van der Waals surface area contributed by atoms with Crippen molar-refractivity contribution in [1.82, 2.24) is 15.0 Å². The molecule has 8 heteroatoms. The van der Waals surface area contributed by atoms with Crippen molar-refractivity contribution in [3.05, 3.63) is 53.9 Å². The third-order valence-electron chi connectivity index (χ3n) is 3.39. The van der Waals surface area contributed by atoms with Crippen LogP contribution in [0.5, 0.6) is 5.75 Å². The fourth-order valence-electron chi connectivity index (χ4n) is 2.29. The molecule has 0 spiro atoms. The van der Waals surface area contributed by atoms with Gasteiger partial charge in [-0.3, -0.25) is 9.78 Å². The molecule has 2 N–H and O–H groups in total. The Morgan fingerprint density at radius 3 is 2.50 bits per heavy atom. The zero-order valence-electron chi connectivity index (χ0n) is 15.0. The van der Waals surface area contributed by atoms with Crippen LogP contribution in [0.4, 0.5) is 0 Å². The van der Waals surface area contributed by atoms with Crippen LogP contribution in [0.15, 0.2) is 47.6 Å². The number of benzene rings is 1. The molecule has 0 aliphatic rings. The second kappa shape index (κ2) is 8.77. The summed E-state index contributed by atoms with van der Waals surface area (Å²) in [6.45, 7) is 5.85. The Morgan fingerprint density at radius 1 is 1.19 bits per heavy atom. The van der Waals surface area contributed by atoms with Crippen LogP contribution in [0.2, 0.25) is 0 Å². The monoisotopic (exact) mass is 377 g/mol. The van der Waals surface area contributed by atoms with Gasteiger partial charge in [-0.05, 0) is 56.7 Å². The van der Waals surface area contributed by atoms with Crippen LogP contribution in [0.1, 0.15) is 36.7 Å². The molecule has 0 atom stereocenters. The van der Waals surface area contributed by atoms with Gasteiger partial charge >= 0.3 is 0 Å². The highest BCUT2D eigenvalue weighted by molar-refractivity contribution is 7.89. The number of rotatable bonds is 8. The molecule has 0 saturated carbocycles. The van der Waals surface area contributed by atoms with Crippen molar-refractivity contribution >= 4 is 15.9 Å². The van der Waals surface area contributed by atoms with Crippen LogP contribution in [0.25, 0.3) is 0 Å². The lowest BCUT2D eigenvalue weighted by atomic mass is 10.2. The van der Waals surface area contributed by atoms with Gasteiger partial charge in [-0.2, -0.15) is 0 Å². The van der Waals surface area contributed by atoms with E-state index >= 15 is 0 Å². The number of pyridine rings is 1. The van der Waals surface area contributed by atoms with Crippen molar-refractivity contribution in [2.75, 3.05) is 6.61 Å². The normalized spacial score (nSPS) is 11.4. The summed E-state index contributed by atoms with van der Waals surface area (Å²) in [5.74, 6) is -0.155. The van der Waals surface area contributed by atoms with E-state index in [2.05, 4.69) is 15.0 Å². The third-order valence-corrected chi connectivity index (χ3v) is 5.07. The zero-order valence-corrected chi connectivity index (χ0v) is 15.8. The minimum atomic E-state index is -3.80. The van der Waals surface area contributed by atoms with Crippen LogP contribution >= 0.6 is 0 Å². The van der Waals surface area contributed by atoms with E-state index < -0.39 is 10.0 Å². The van der Waals surface area contributed by atoms with Crippen LogP contribution in [-0.4, -0.2) is 32.0 Å². The first kappa shape index (κ1) is 19.9. The van der Waals surface area contributed by atoms with Crippen molar-refractivity contribution in [3.8, 4) is 5.75 Å². The highest BCUT2D eigenvalue weighted by Crippen LogP contribution is 2.25. The number of nitrogens with one attached hydrogen (secondary N) is 2. The summed E-state index contributed by atoms with van der Waals surface area (Å²) >= 11 is 0. The second-order valence-electron chi connectivity index (χ2n) is 5.91. The lowest BCUT2D eigenvalue weighted by Crippen LogP contribution is -2.31. The maximum absolute atomic E-state index is 12.6. The van der Waals surface area contributed by atoms with Crippen molar-refractivity contribution in [2.45, 2.75) is 38.3 Å². The number of nitrogens with zero attached hydrogens (tertiary/aromatic N) is 1. The average molecular weight is 377 g/mol. The largest absolute Gasteiger partial charge is 0.492 e. The summed E-state index contributed by atoms with van der Waals surface area (Å²) in [4.78, 5) is 16.3. The highest BCUT2D eigenvalue weighted by atomic mass is 32.2. The highest BCUT2D eigenvalue weighted by Gasteiger charge is 2.22. The van der Waals surface area contributed by atoms with Gasteiger partial charge in [0, 0.05) is 30.5 Å². The maximum Gasteiger partial charge on any atom is 0.251 e. The minimum Gasteiger partial charge on any atom is -0.492 e. The van der Waals surface area contributed by atoms with Crippen molar-refractivity contribution in [3.63, 3.8) is 0 Å². The van der Waals surface area contributed by atoms with Gasteiger partial charge in [0.15, 0.2) is 0 Å². The van der Waals surface area contributed by atoms with Gasteiger partial charge in [-0.25, -0.2) is 13.1 Å². The first-order valence-electron chi connectivity index (χ1n) is 8.29. The molecule has 1 aromatic heterocycles. The minimum absolute atomic E-state index is 0.0513. The Morgan fingerprint density at radius 2 is 1.88 bits per heavy atom. The first-order valence-corrected chi connectivity index (χ1v) is 9.78. The van der Waals surface area contributed by atoms with Gasteiger partial charge in [0.05, 0.1) is 6.61 Å². The molecule has 2 rings (SSSR count). The van der Waals surface area contributed by atoms with E-state index in [1.807, 2.05) is 0 Å². The van der Waals surface area contributed by atoms with Crippen molar-refractivity contribution in [2.24, 2.45) is 0 Å². The molecule has 7 nitrogen and oxygen atoms in total. The topological polar surface area (TPSA) is 97.4 Å². The summed E-state index contributed by atoms with van der Waals surface area (Å²) in [5.41, 5.74) is 1.14. The molecular formula is C18H23N3O4S. The smallest absolute Gasteiger partial charge is 0.251 e. The molecule has 1 amide bonds. The van der Waals surface area contributed by atoms with Gasteiger partial charge in [-0.15, -0.1) is 0 Å². The fourth-order valence-corrected chi connectivity index (χ4v) is 3.71. The predicted octanol–water partition coefficient (Wildman–Crippen LogP) is 2.10. The van der Waals surface area contributed by atoms with E-state index in [1.54, 1.807) is 51.4 Å². The summed E-state index contributed by atoms with van der Waals surface area (Å²) < 4.78 is 33.0. The number of ether oxygens (including phenoxy) is 1. The van der Waals surface area contributed by atoms with Gasteiger partial charge in [-0.1, -0.05) is 0 Å². The first-order chi connectivity index (χ1) is 12.3. The standard InChI is InChI=1S/C18H23N3O4S/c1-4-25-16-6-5-15(11-17(16)26(23,24)21-13(2)3)18(22)20-12-14-7-9-19-10-8-14/h5-11,13,21H,4,12H2,1-3H3,(H,20,22). The maximum atomic E-state index is 12.6. The van der Waals surface area contributed by atoms with Gasteiger partial charge in [0.25, 0.3) is 5.91 Å². The van der Waals surface area contributed by atoms with E-state index in [-0.39, 0.29) is 28.2 Å². The zero-order chi connectivity index (χ0) is 19.2. The Balaban J connectivity index is 2.26. The lowest BCUT2D eigenvalue weighted by molar-refractivity contribution is 0.0950. The quantitative estimate of drug-likeness (QED) is 0.734. The predicted molar refractivity (Wildman–Crippen MR) is 98.5 cm³/mol. The number of sulfonamides is 1. The number of aromatic nitrogens is 1. The van der Waals surface area contributed by atoms with Crippen molar-refractivity contribution < 1.29 is 17.9 Å². The molecule has 0 bridgehead atoms. The molecule has 0 aliphatic carbocycles. The summed E-state index contributed by atoms with van der Waals surface area (Å²) in [7, 11) is -3.80. The summed E-state index contributed by atoms with van der Waals surface area (Å²) in [6, 6.07) is 7.68. The molecule has 0 unspecified atom stereocenters. The molecule has 0 aliphatic heterocycles. The van der Waals surface area contributed by atoms with E-state index in [0.29, 0.717) is 13.2 Å². The van der Waals surface area contributed by atoms with E-state index in [1.165, 1.54) is 12.1 Å². The SMILES string of the molecule is CCOc1ccc(C(=O)NCc2ccncc2)cc1S(=O)(=O)NC(C)C. The molecule has 1 heterocycles. The van der Waals surface area contributed by atoms with E-state index in [0.717, 1.165) is 5.56 Å². The Bertz CT molecular complexity index is 852. The second-order valence-corrected chi connectivity index (χ2v) is 7.59. The third kappa shape index (κ3) is 5.27. The Hall–Kier alpha value is -2.45. The molecule has 140 valence electrons. The number of hydrogen-bond acceptors (Lipinski definition) is 5. The van der Waals surface area contributed by atoms with Crippen LogP contribution in [-0.2, 0) is 16.6 Å². The molecule has 2 aromatic rings. The average Bonchev–Trinajstić information content (AvgIpc) is 2.60. The molecule has 0 fully saturated rings. The number of carbonyl (C=O) groups excluding carboxylic acids is 1. The summed E-state index contributed by atoms with van der Waals surface area (Å²) in [6.07, 6.45) is 3.28. The van der Waals surface area contributed by atoms with E-state index in [4.69, 9.17) is 4.74 Å². The Kier molecular flexibility index (Phi) is 6.70. The van der Waals surface area contributed by atoms with E-state index in [9.17, 15) is 13.2 Å². The van der Waals surface area contributed by atoms with Crippen LogP contribution in [0.3, 0.4) is 0 Å². The molecule has 26 heavy (non-hydrogen) atoms. The number of carbonyl (C=O) groups is 1. The molecule has 0 radical (unpaired) electrons. The van der Waals surface area contributed by atoms with Gasteiger partial charge in [0.2, 0.25) is 10.0 Å². The number of amides is 1. The molecule has 0 saturated heterocycles. The molecular weight excluding hydrogens is 354 g/mol. The van der Waals surface area contributed by atoms with Crippen LogP contribution < -0.4 is 14.8 Å². The Labute approximate surface area is 153 Å².